The van der Waals surface area contributed by atoms with Gasteiger partial charge in [-0.3, -0.25) is 19.3 Å². The Bertz CT molecular complexity index is 831. The molecule has 7 nitrogen and oxygen atoms in total. The van der Waals surface area contributed by atoms with Gasteiger partial charge in [-0.15, -0.1) is 0 Å². The summed E-state index contributed by atoms with van der Waals surface area (Å²) < 4.78 is 5.24. The highest BCUT2D eigenvalue weighted by atomic mass is 16.5. The number of benzene rings is 1. The van der Waals surface area contributed by atoms with Gasteiger partial charge in [-0.1, -0.05) is 37.8 Å². The zero-order chi connectivity index (χ0) is 20.6. The van der Waals surface area contributed by atoms with Crippen LogP contribution in [0.5, 0.6) is 0 Å². The van der Waals surface area contributed by atoms with E-state index in [0.717, 1.165) is 30.6 Å². The molecular weight excluding hydrogens is 372 g/mol. The first kappa shape index (κ1) is 19.6. The molecule has 3 aliphatic rings. The SMILES string of the molecule is CCOC(=O)C1(NC(=O)C2(N3C(=O)c4ccccc4C3=O)CCCC2)CCCC1. The standard InChI is InChI=1S/C22H26N2O5/c1-2-29-20(28)21(11-5-6-12-21)23-19(27)22(13-7-8-14-22)24-17(25)15-9-3-4-10-16(15)18(24)26/h3-4,9-10H,2,5-8,11-14H2,1H3,(H,23,27). The van der Waals surface area contributed by atoms with Crippen molar-refractivity contribution in [2.45, 2.75) is 69.4 Å². The number of carbonyl (C=O) groups is 4. The number of nitrogens with zero attached hydrogens (tertiary/aromatic N) is 1. The average Bonchev–Trinajstić information content (AvgIpc) is 3.43. The first-order valence-corrected chi connectivity index (χ1v) is 10.4. The van der Waals surface area contributed by atoms with Crippen LogP contribution in [0.25, 0.3) is 0 Å². The van der Waals surface area contributed by atoms with Crippen LogP contribution in [0.1, 0.15) is 79.0 Å². The van der Waals surface area contributed by atoms with Gasteiger partial charge in [-0.05, 0) is 44.7 Å². The number of rotatable bonds is 5. The van der Waals surface area contributed by atoms with Crippen LogP contribution in [0.2, 0.25) is 0 Å². The summed E-state index contributed by atoms with van der Waals surface area (Å²) in [6.45, 7) is 1.97. The minimum atomic E-state index is -1.25. The van der Waals surface area contributed by atoms with Gasteiger partial charge in [0.1, 0.15) is 11.1 Å². The second kappa shape index (κ2) is 7.28. The van der Waals surface area contributed by atoms with E-state index in [0.29, 0.717) is 36.8 Å². The molecule has 3 amide bonds. The van der Waals surface area contributed by atoms with Crippen molar-refractivity contribution in [1.82, 2.24) is 10.2 Å². The Morgan fingerprint density at radius 2 is 1.48 bits per heavy atom. The van der Waals surface area contributed by atoms with Gasteiger partial charge in [-0.25, -0.2) is 4.79 Å². The lowest BCUT2D eigenvalue weighted by Crippen LogP contribution is -2.65. The van der Waals surface area contributed by atoms with Crippen molar-refractivity contribution in [2.75, 3.05) is 6.61 Å². The Morgan fingerprint density at radius 3 is 2.00 bits per heavy atom. The number of esters is 1. The van der Waals surface area contributed by atoms with E-state index in [1.807, 2.05) is 0 Å². The molecule has 0 spiro atoms. The summed E-state index contributed by atoms with van der Waals surface area (Å²) in [5, 5.41) is 2.94. The molecule has 0 atom stereocenters. The molecule has 154 valence electrons. The number of hydrogen-bond acceptors (Lipinski definition) is 5. The summed E-state index contributed by atoms with van der Waals surface area (Å²) in [6.07, 6.45) is 4.96. The number of carbonyl (C=O) groups excluding carboxylic acids is 4. The van der Waals surface area contributed by atoms with Gasteiger partial charge in [0.15, 0.2) is 0 Å². The van der Waals surface area contributed by atoms with E-state index in [4.69, 9.17) is 4.74 Å². The molecule has 0 bridgehead atoms. The molecule has 1 aromatic rings. The molecule has 2 saturated carbocycles. The largest absolute Gasteiger partial charge is 0.464 e. The molecule has 1 aliphatic heterocycles. The molecule has 2 fully saturated rings. The van der Waals surface area contributed by atoms with Crippen LogP contribution >= 0.6 is 0 Å². The number of imide groups is 1. The Labute approximate surface area is 169 Å². The van der Waals surface area contributed by atoms with Crippen LogP contribution < -0.4 is 5.32 Å². The van der Waals surface area contributed by atoms with Crippen molar-refractivity contribution in [3.63, 3.8) is 0 Å². The highest BCUT2D eigenvalue weighted by molar-refractivity contribution is 6.23. The van der Waals surface area contributed by atoms with Crippen molar-refractivity contribution in [2.24, 2.45) is 0 Å². The maximum Gasteiger partial charge on any atom is 0.331 e. The van der Waals surface area contributed by atoms with Crippen LogP contribution in [0.15, 0.2) is 24.3 Å². The monoisotopic (exact) mass is 398 g/mol. The zero-order valence-corrected chi connectivity index (χ0v) is 16.7. The van der Waals surface area contributed by atoms with Gasteiger partial charge in [0.25, 0.3) is 11.8 Å². The summed E-state index contributed by atoms with van der Waals surface area (Å²) in [5.74, 6) is -1.71. The minimum absolute atomic E-state index is 0.236. The lowest BCUT2D eigenvalue weighted by Gasteiger charge is -2.39. The predicted octanol–water partition coefficient (Wildman–Crippen LogP) is 2.59. The van der Waals surface area contributed by atoms with E-state index in [2.05, 4.69) is 5.32 Å². The quantitative estimate of drug-likeness (QED) is 0.608. The van der Waals surface area contributed by atoms with E-state index < -0.39 is 34.8 Å². The third kappa shape index (κ3) is 2.94. The van der Waals surface area contributed by atoms with Crippen molar-refractivity contribution in [1.29, 1.82) is 0 Å². The Hall–Kier alpha value is -2.70. The first-order chi connectivity index (χ1) is 13.9. The van der Waals surface area contributed by atoms with Crippen LogP contribution in [-0.2, 0) is 14.3 Å². The average molecular weight is 398 g/mol. The fourth-order valence-electron chi connectivity index (χ4n) is 5.05. The van der Waals surface area contributed by atoms with Crippen molar-refractivity contribution in [3.05, 3.63) is 35.4 Å². The van der Waals surface area contributed by atoms with E-state index in [-0.39, 0.29) is 6.61 Å². The molecule has 1 aromatic carbocycles. The smallest absolute Gasteiger partial charge is 0.331 e. The van der Waals surface area contributed by atoms with E-state index >= 15 is 0 Å². The lowest BCUT2D eigenvalue weighted by atomic mass is 9.90. The van der Waals surface area contributed by atoms with E-state index in [1.54, 1.807) is 31.2 Å². The number of ether oxygens (including phenoxy) is 1. The maximum atomic E-state index is 13.6. The Kier molecular flexibility index (Phi) is 4.92. The van der Waals surface area contributed by atoms with E-state index in [1.165, 1.54) is 0 Å². The summed E-state index contributed by atoms with van der Waals surface area (Å²) in [6, 6.07) is 6.66. The molecule has 0 saturated heterocycles. The molecule has 0 unspecified atom stereocenters. The highest BCUT2D eigenvalue weighted by Gasteiger charge is 2.57. The first-order valence-electron chi connectivity index (χ1n) is 10.4. The maximum absolute atomic E-state index is 13.6. The van der Waals surface area contributed by atoms with E-state index in [9.17, 15) is 19.2 Å². The molecule has 1 N–H and O–H groups in total. The molecule has 4 rings (SSSR count). The second-order valence-corrected chi connectivity index (χ2v) is 8.19. The molecule has 1 heterocycles. The number of fused-ring (bicyclic) bond motifs is 1. The third-order valence-corrected chi connectivity index (χ3v) is 6.55. The molecule has 2 aliphatic carbocycles. The summed E-state index contributed by atoms with van der Waals surface area (Å²) in [4.78, 5) is 53.6. The number of amides is 3. The zero-order valence-electron chi connectivity index (χ0n) is 16.7. The number of nitrogens with one attached hydrogen (secondary N) is 1. The molecule has 29 heavy (non-hydrogen) atoms. The Balaban J connectivity index is 1.67. The van der Waals surface area contributed by atoms with Gasteiger partial charge in [0.2, 0.25) is 5.91 Å². The molecule has 0 aromatic heterocycles. The lowest BCUT2D eigenvalue weighted by molar-refractivity contribution is -0.154. The molecule has 7 heteroatoms. The fraction of sp³-hybridized carbons (Fsp3) is 0.545. The van der Waals surface area contributed by atoms with Gasteiger partial charge in [-0.2, -0.15) is 0 Å². The van der Waals surface area contributed by atoms with Gasteiger partial charge in [0.05, 0.1) is 17.7 Å². The van der Waals surface area contributed by atoms with Crippen molar-refractivity contribution < 1.29 is 23.9 Å². The fourth-order valence-corrected chi connectivity index (χ4v) is 5.05. The minimum Gasteiger partial charge on any atom is -0.464 e. The van der Waals surface area contributed by atoms with Crippen molar-refractivity contribution >= 4 is 23.7 Å². The summed E-state index contributed by atoms with van der Waals surface area (Å²) >= 11 is 0. The topological polar surface area (TPSA) is 92.8 Å². The predicted molar refractivity (Wildman–Crippen MR) is 104 cm³/mol. The summed E-state index contributed by atoms with van der Waals surface area (Å²) in [5.41, 5.74) is -1.66. The van der Waals surface area contributed by atoms with Gasteiger partial charge >= 0.3 is 5.97 Å². The van der Waals surface area contributed by atoms with Gasteiger partial charge < -0.3 is 10.1 Å². The number of hydrogen-bond donors (Lipinski definition) is 1. The normalized spacial score (nSPS) is 21.9. The molecular formula is C22H26N2O5. The van der Waals surface area contributed by atoms with Crippen molar-refractivity contribution in [3.8, 4) is 0 Å². The van der Waals surface area contributed by atoms with Crippen LogP contribution in [0.4, 0.5) is 0 Å². The van der Waals surface area contributed by atoms with Crippen LogP contribution in [-0.4, -0.2) is 46.3 Å². The third-order valence-electron chi connectivity index (χ3n) is 6.55. The summed E-state index contributed by atoms with van der Waals surface area (Å²) in [7, 11) is 0. The second-order valence-electron chi connectivity index (χ2n) is 8.19. The van der Waals surface area contributed by atoms with Gasteiger partial charge in [0, 0.05) is 0 Å². The van der Waals surface area contributed by atoms with Crippen LogP contribution in [0, 0.1) is 0 Å². The molecule has 0 radical (unpaired) electrons. The Morgan fingerprint density at radius 1 is 0.966 bits per heavy atom. The highest BCUT2D eigenvalue weighted by Crippen LogP contribution is 2.42. The van der Waals surface area contributed by atoms with Crippen LogP contribution in [0.3, 0.4) is 0 Å².